The Balaban J connectivity index is 1.74. The molecule has 2 aromatic rings. The Morgan fingerprint density at radius 1 is 1.15 bits per heavy atom. The molecule has 0 N–H and O–H groups in total. The van der Waals surface area contributed by atoms with Crippen molar-refractivity contribution in [2.75, 3.05) is 45.2 Å². The van der Waals surface area contributed by atoms with Crippen LogP contribution in [0.2, 0.25) is 0 Å². The highest BCUT2D eigenvalue weighted by atomic mass is 16.2. The lowest BCUT2D eigenvalue weighted by Gasteiger charge is -2.38. The first-order valence-electron chi connectivity index (χ1n) is 8.99. The summed E-state index contributed by atoms with van der Waals surface area (Å²) in [4.78, 5) is 27.5. The van der Waals surface area contributed by atoms with E-state index >= 15 is 0 Å². The highest BCUT2D eigenvalue weighted by molar-refractivity contribution is 5.84. The van der Waals surface area contributed by atoms with Gasteiger partial charge in [0, 0.05) is 38.6 Å². The number of aryl methyl sites for hydroxylation is 1. The van der Waals surface area contributed by atoms with Gasteiger partial charge in [0.1, 0.15) is 12.1 Å². The number of amides is 1. The number of carbonyl (C=O) groups is 1. The van der Waals surface area contributed by atoms with Gasteiger partial charge in [-0.2, -0.15) is 5.26 Å². The molecule has 7 heteroatoms. The standard InChI is InChI=1S/C20H24N6O/c1-15-6-4-5-7-16(15)18(24(2)3)20(27)26-12-10-25(11-13-26)19-17(14-21)22-8-9-23-19/h4-9,18H,10-13H2,1-3H3. The van der Waals surface area contributed by atoms with Crippen molar-refractivity contribution in [3.8, 4) is 6.07 Å². The quantitative estimate of drug-likeness (QED) is 0.820. The maximum absolute atomic E-state index is 13.2. The van der Waals surface area contributed by atoms with Crippen molar-refractivity contribution in [1.82, 2.24) is 19.8 Å². The van der Waals surface area contributed by atoms with E-state index in [1.54, 1.807) is 6.20 Å². The fraction of sp³-hybridized carbons (Fsp3) is 0.400. The monoisotopic (exact) mass is 364 g/mol. The summed E-state index contributed by atoms with van der Waals surface area (Å²) in [7, 11) is 3.87. The molecule has 1 unspecified atom stereocenters. The number of rotatable bonds is 4. The number of hydrogen-bond donors (Lipinski definition) is 0. The molecule has 0 spiro atoms. The summed E-state index contributed by atoms with van der Waals surface area (Å²) < 4.78 is 0. The van der Waals surface area contributed by atoms with Crippen molar-refractivity contribution < 1.29 is 4.79 Å². The molecule has 1 fully saturated rings. The summed E-state index contributed by atoms with van der Waals surface area (Å²) in [6.45, 7) is 4.49. The van der Waals surface area contributed by atoms with Crippen LogP contribution in [0.25, 0.3) is 0 Å². The number of piperazine rings is 1. The fourth-order valence-electron chi connectivity index (χ4n) is 3.48. The number of hydrogen-bond acceptors (Lipinski definition) is 6. The third kappa shape index (κ3) is 3.91. The molecule has 1 amide bonds. The van der Waals surface area contributed by atoms with Gasteiger partial charge < -0.3 is 9.80 Å². The zero-order valence-electron chi connectivity index (χ0n) is 16.0. The third-order valence-electron chi connectivity index (χ3n) is 4.91. The van der Waals surface area contributed by atoms with Crippen molar-refractivity contribution in [1.29, 1.82) is 5.26 Å². The number of benzene rings is 1. The molecule has 140 valence electrons. The lowest BCUT2D eigenvalue weighted by atomic mass is 9.99. The van der Waals surface area contributed by atoms with Gasteiger partial charge in [-0.15, -0.1) is 0 Å². The van der Waals surface area contributed by atoms with E-state index in [1.165, 1.54) is 6.20 Å². The summed E-state index contributed by atoms with van der Waals surface area (Å²) in [5, 5.41) is 9.23. The molecule has 27 heavy (non-hydrogen) atoms. The van der Waals surface area contributed by atoms with Gasteiger partial charge in [0.25, 0.3) is 0 Å². The first kappa shape index (κ1) is 18.8. The minimum atomic E-state index is -0.302. The summed E-state index contributed by atoms with van der Waals surface area (Å²) in [5.74, 6) is 0.698. The average molecular weight is 364 g/mol. The molecular weight excluding hydrogens is 340 g/mol. The summed E-state index contributed by atoms with van der Waals surface area (Å²) in [6, 6.07) is 9.80. The topological polar surface area (TPSA) is 76.4 Å². The zero-order chi connectivity index (χ0) is 19.4. The van der Waals surface area contributed by atoms with E-state index in [-0.39, 0.29) is 11.9 Å². The summed E-state index contributed by atoms with van der Waals surface area (Å²) in [6.07, 6.45) is 3.11. The number of aromatic nitrogens is 2. The second-order valence-electron chi connectivity index (χ2n) is 6.88. The molecule has 0 radical (unpaired) electrons. The van der Waals surface area contributed by atoms with E-state index < -0.39 is 0 Å². The van der Waals surface area contributed by atoms with Gasteiger partial charge in [-0.3, -0.25) is 9.69 Å². The van der Waals surface area contributed by atoms with E-state index in [2.05, 4.69) is 16.0 Å². The van der Waals surface area contributed by atoms with Crippen LogP contribution in [0.1, 0.15) is 22.9 Å². The van der Waals surface area contributed by atoms with Crippen LogP contribution in [0.4, 0.5) is 5.82 Å². The Labute approximate surface area is 159 Å². The minimum Gasteiger partial charge on any atom is -0.351 e. The van der Waals surface area contributed by atoms with Crippen LogP contribution in [-0.2, 0) is 4.79 Å². The highest BCUT2D eigenvalue weighted by Gasteiger charge is 2.31. The Morgan fingerprint density at radius 3 is 2.44 bits per heavy atom. The molecule has 1 aromatic carbocycles. The molecule has 3 rings (SSSR count). The van der Waals surface area contributed by atoms with Crippen LogP contribution in [0.5, 0.6) is 0 Å². The molecule has 2 heterocycles. The number of anilines is 1. The number of likely N-dealkylation sites (N-methyl/N-ethyl adjacent to an activating group) is 1. The Bertz CT molecular complexity index is 852. The van der Waals surface area contributed by atoms with Crippen molar-refractivity contribution >= 4 is 11.7 Å². The molecule has 1 saturated heterocycles. The highest BCUT2D eigenvalue weighted by Crippen LogP contribution is 2.25. The van der Waals surface area contributed by atoms with E-state index in [9.17, 15) is 10.1 Å². The molecule has 1 aliphatic heterocycles. The Hall–Kier alpha value is -2.98. The molecule has 1 atom stereocenters. The number of nitrogens with zero attached hydrogens (tertiary/aromatic N) is 6. The third-order valence-corrected chi connectivity index (χ3v) is 4.91. The molecule has 0 saturated carbocycles. The molecule has 1 aromatic heterocycles. The average Bonchev–Trinajstić information content (AvgIpc) is 2.69. The molecule has 0 aliphatic carbocycles. The first-order valence-corrected chi connectivity index (χ1v) is 8.99. The predicted octanol–water partition coefficient (Wildman–Crippen LogP) is 1.61. The minimum absolute atomic E-state index is 0.105. The second kappa shape index (κ2) is 8.14. The Morgan fingerprint density at radius 2 is 1.81 bits per heavy atom. The maximum Gasteiger partial charge on any atom is 0.244 e. The van der Waals surface area contributed by atoms with Crippen LogP contribution in [-0.4, -0.2) is 65.9 Å². The van der Waals surface area contributed by atoms with Gasteiger partial charge in [0.05, 0.1) is 0 Å². The van der Waals surface area contributed by atoms with Crippen LogP contribution >= 0.6 is 0 Å². The van der Waals surface area contributed by atoms with Crippen LogP contribution < -0.4 is 4.90 Å². The van der Waals surface area contributed by atoms with E-state index in [4.69, 9.17) is 0 Å². The first-order chi connectivity index (χ1) is 13.0. The maximum atomic E-state index is 13.2. The Kier molecular flexibility index (Phi) is 5.67. The van der Waals surface area contributed by atoms with E-state index in [0.29, 0.717) is 37.7 Å². The van der Waals surface area contributed by atoms with Crippen molar-refractivity contribution in [3.05, 3.63) is 53.5 Å². The van der Waals surface area contributed by atoms with E-state index in [1.807, 2.05) is 60.0 Å². The summed E-state index contributed by atoms with van der Waals surface area (Å²) >= 11 is 0. The van der Waals surface area contributed by atoms with Gasteiger partial charge in [0.15, 0.2) is 11.5 Å². The fourth-order valence-corrected chi connectivity index (χ4v) is 3.48. The molecule has 1 aliphatic rings. The van der Waals surface area contributed by atoms with Gasteiger partial charge >= 0.3 is 0 Å². The largest absolute Gasteiger partial charge is 0.351 e. The van der Waals surface area contributed by atoms with Gasteiger partial charge in [-0.25, -0.2) is 9.97 Å². The van der Waals surface area contributed by atoms with Gasteiger partial charge in [-0.1, -0.05) is 24.3 Å². The smallest absolute Gasteiger partial charge is 0.244 e. The molecular formula is C20H24N6O. The normalized spacial score (nSPS) is 15.5. The SMILES string of the molecule is Cc1ccccc1C(C(=O)N1CCN(c2nccnc2C#N)CC1)N(C)C. The van der Waals surface area contributed by atoms with Gasteiger partial charge in [0.2, 0.25) is 5.91 Å². The van der Waals surface area contributed by atoms with Crippen molar-refractivity contribution in [2.24, 2.45) is 0 Å². The van der Waals surface area contributed by atoms with Crippen molar-refractivity contribution in [2.45, 2.75) is 13.0 Å². The second-order valence-corrected chi connectivity index (χ2v) is 6.88. The number of carbonyl (C=O) groups excluding carboxylic acids is 1. The predicted molar refractivity (Wildman–Crippen MR) is 103 cm³/mol. The van der Waals surface area contributed by atoms with E-state index in [0.717, 1.165) is 11.1 Å². The van der Waals surface area contributed by atoms with Gasteiger partial charge in [-0.05, 0) is 32.1 Å². The van der Waals surface area contributed by atoms with Crippen LogP contribution in [0, 0.1) is 18.3 Å². The van der Waals surface area contributed by atoms with Crippen LogP contribution in [0.15, 0.2) is 36.7 Å². The zero-order valence-corrected chi connectivity index (χ0v) is 16.0. The van der Waals surface area contributed by atoms with Crippen molar-refractivity contribution in [3.63, 3.8) is 0 Å². The molecule has 7 nitrogen and oxygen atoms in total. The lowest BCUT2D eigenvalue weighted by molar-refractivity contribution is -0.136. The summed E-state index contributed by atoms with van der Waals surface area (Å²) in [5.41, 5.74) is 2.47. The molecule has 0 bridgehead atoms. The van der Waals surface area contributed by atoms with Crippen LogP contribution in [0.3, 0.4) is 0 Å². The number of nitriles is 1. The lowest BCUT2D eigenvalue weighted by Crippen LogP contribution is -2.52.